The van der Waals surface area contributed by atoms with Crippen molar-refractivity contribution < 1.29 is 14.4 Å². The van der Waals surface area contributed by atoms with E-state index < -0.39 is 23.5 Å². The number of benzene rings is 1. The smallest absolute Gasteiger partial charge is 0.323 e. The van der Waals surface area contributed by atoms with Crippen LogP contribution in [0.15, 0.2) is 41.5 Å². The van der Waals surface area contributed by atoms with Crippen molar-refractivity contribution in [3.63, 3.8) is 0 Å². The molecule has 0 bridgehead atoms. The van der Waals surface area contributed by atoms with Crippen LogP contribution in [-0.4, -0.2) is 39.3 Å². The normalized spacial score (nSPS) is 10.4. The molecule has 28 heavy (non-hydrogen) atoms. The van der Waals surface area contributed by atoms with Crippen LogP contribution in [0.3, 0.4) is 0 Å². The second kappa shape index (κ2) is 8.03. The number of rotatable bonds is 6. The molecule has 0 saturated heterocycles. The number of imidazole rings is 1. The van der Waals surface area contributed by atoms with Crippen molar-refractivity contribution in [2.45, 2.75) is 6.42 Å². The molecule has 0 unspecified atom stereocenters. The van der Waals surface area contributed by atoms with Crippen LogP contribution in [0.5, 0.6) is 0 Å². The number of anilines is 2. The highest BCUT2D eigenvalue weighted by molar-refractivity contribution is 6.11. The summed E-state index contributed by atoms with van der Waals surface area (Å²) in [5.41, 5.74) is 6.38. The van der Waals surface area contributed by atoms with Crippen molar-refractivity contribution in [3.05, 3.63) is 52.7 Å². The highest BCUT2D eigenvalue weighted by atomic mass is 16.2. The molecule has 0 fully saturated rings. The number of hydrogen-bond donors (Lipinski definition) is 6. The van der Waals surface area contributed by atoms with Crippen molar-refractivity contribution in [2.75, 3.05) is 17.2 Å². The summed E-state index contributed by atoms with van der Waals surface area (Å²) in [5.74, 6) is -0.991. The summed E-state index contributed by atoms with van der Waals surface area (Å²) in [6, 6.07) is 5.96. The van der Waals surface area contributed by atoms with Crippen molar-refractivity contribution in [2.24, 2.45) is 5.73 Å². The number of pyridine rings is 1. The third kappa shape index (κ3) is 4.52. The summed E-state index contributed by atoms with van der Waals surface area (Å²) in [7, 11) is 0. The van der Waals surface area contributed by atoms with Crippen LogP contribution in [0.25, 0.3) is 11.0 Å². The van der Waals surface area contributed by atoms with Gasteiger partial charge >= 0.3 is 11.7 Å². The minimum atomic E-state index is -0.515. The van der Waals surface area contributed by atoms with Gasteiger partial charge in [0.1, 0.15) is 0 Å². The molecule has 2 aromatic heterocycles. The molecular weight excluding hydrogens is 366 g/mol. The van der Waals surface area contributed by atoms with Crippen LogP contribution in [0.2, 0.25) is 0 Å². The van der Waals surface area contributed by atoms with E-state index in [1.54, 1.807) is 24.3 Å². The standard InChI is InChI=1S/C17H17N7O4/c18-13(25)4-5-20-16(27)22-10-3-1-2-9(6-10)21-15(26)11-7-19-8-12-14(11)24-17(28)23-12/h1-3,6-8H,4-5H2,(H2,18,25)(H,21,26)(H2,20,22,27)(H2,23,24,28). The first-order valence-corrected chi connectivity index (χ1v) is 8.23. The number of fused-ring (bicyclic) bond motifs is 1. The minimum Gasteiger partial charge on any atom is -0.370 e. The average molecular weight is 383 g/mol. The Morgan fingerprint density at radius 2 is 1.82 bits per heavy atom. The zero-order valence-electron chi connectivity index (χ0n) is 14.5. The first-order valence-electron chi connectivity index (χ1n) is 8.23. The molecule has 0 aliphatic heterocycles. The van der Waals surface area contributed by atoms with Gasteiger partial charge in [0.05, 0.1) is 22.8 Å². The maximum absolute atomic E-state index is 12.5. The lowest BCUT2D eigenvalue weighted by Crippen LogP contribution is -2.31. The quantitative estimate of drug-likeness (QED) is 0.363. The summed E-state index contributed by atoms with van der Waals surface area (Å²) >= 11 is 0. The topological polar surface area (TPSA) is 175 Å². The average Bonchev–Trinajstić information content (AvgIpc) is 3.01. The Labute approximate surface area is 157 Å². The number of nitrogens with two attached hydrogens (primary N) is 1. The van der Waals surface area contributed by atoms with Crippen LogP contribution < -0.4 is 27.4 Å². The van der Waals surface area contributed by atoms with Gasteiger partial charge in [-0.1, -0.05) is 6.07 Å². The van der Waals surface area contributed by atoms with Gasteiger partial charge in [0.15, 0.2) is 0 Å². The summed E-state index contributed by atoms with van der Waals surface area (Å²) in [5, 5.41) is 7.75. The van der Waals surface area contributed by atoms with Gasteiger partial charge in [0.2, 0.25) is 5.91 Å². The number of H-pyrrole nitrogens is 2. The van der Waals surface area contributed by atoms with Gasteiger partial charge in [-0.2, -0.15) is 0 Å². The Morgan fingerprint density at radius 3 is 2.57 bits per heavy atom. The predicted octanol–water partition coefficient (Wildman–Crippen LogP) is 0.500. The zero-order valence-corrected chi connectivity index (χ0v) is 14.5. The summed E-state index contributed by atoms with van der Waals surface area (Å²) < 4.78 is 0. The highest BCUT2D eigenvalue weighted by Gasteiger charge is 2.13. The van der Waals surface area contributed by atoms with E-state index in [1.807, 2.05) is 0 Å². The third-order valence-corrected chi connectivity index (χ3v) is 3.71. The molecule has 11 heteroatoms. The van der Waals surface area contributed by atoms with Crippen LogP contribution in [0.1, 0.15) is 16.8 Å². The molecule has 0 aliphatic rings. The van der Waals surface area contributed by atoms with Crippen LogP contribution >= 0.6 is 0 Å². The number of primary amides is 1. The van der Waals surface area contributed by atoms with E-state index in [-0.39, 0.29) is 18.5 Å². The molecule has 0 spiro atoms. The molecule has 7 N–H and O–H groups in total. The lowest BCUT2D eigenvalue weighted by molar-refractivity contribution is -0.117. The molecule has 0 saturated carbocycles. The molecule has 4 amide bonds. The number of amides is 4. The fraction of sp³-hybridized carbons (Fsp3) is 0.118. The molecule has 144 valence electrons. The maximum Gasteiger partial charge on any atom is 0.323 e. The van der Waals surface area contributed by atoms with Gasteiger partial charge in [-0.05, 0) is 18.2 Å². The second-order valence-corrected chi connectivity index (χ2v) is 5.82. The van der Waals surface area contributed by atoms with E-state index in [1.165, 1.54) is 12.4 Å². The monoisotopic (exact) mass is 383 g/mol. The third-order valence-electron chi connectivity index (χ3n) is 3.71. The van der Waals surface area contributed by atoms with E-state index in [4.69, 9.17) is 5.73 Å². The SMILES string of the molecule is NC(=O)CCNC(=O)Nc1cccc(NC(=O)c2cncc3[nH]c(=O)[nH]c23)c1. The van der Waals surface area contributed by atoms with E-state index in [0.29, 0.717) is 22.4 Å². The number of nitrogens with one attached hydrogen (secondary N) is 5. The lowest BCUT2D eigenvalue weighted by atomic mass is 10.2. The fourth-order valence-electron chi connectivity index (χ4n) is 2.48. The largest absolute Gasteiger partial charge is 0.370 e. The predicted molar refractivity (Wildman–Crippen MR) is 102 cm³/mol. The fourth-order valence-corrected chi connectivity index (χ4v) is 2.48. The van der Waals surface area contributed by atoms with Gasteiger partial charge < -0.3 is 31.7 Å². The summed E-state index contributed by atoms with van der Waals surface area (Å²) in [6.07, 6.45) is 2.81. The first kappa shape index (κ1) is 18.6. The Kier molecular flexibility index (Phi) is 5.35. The van der Waals surface area contributed by atoms with E-state index >= 15 is 0 Å². The van der Waals surface area contributed by atoms with Gasteiger partial charge in [-0.3, -0.25) is 14.6 Å². The van der Waals surface area contributed by atoms with Crippen molar-refractivity contribution in [3.8, 4) is 0 Å². The molecule has 0 radical (unpaired) electrons. The van der Waals surface area contributed by atoms with Crippen molar-refractivity contribution >= 4 is 40.3 Å². The number of hydrogen-bond acceptors (Lipinski definition) is 5. The van der Waals surface area contributed by atoms with Crippen LogP contribution in [-0.2, 0) is 4.79 Å². The molecule has 3 aromatic rings. The van der Waals surface area contributed by atoms with Gasteiger partial charge in [0, 0.05) is 30.5 Å². The van der Waals surface area contributed by atoms with Crippen molar-refractivity contribution in [1.82, 2.24) is 20.3 Å². The van der Waals surface area contributed by atoms with E-state index in [2.05, 4.69) is 30.9 Å². The number of carbonyl (C=O) groups excluding carboxylic acids is 3. The Hall–Kier alpha value is -4.15. The molecule has 2 heterocycles. The minimum absolute atomic E-state index is 0.0321. The summed E-state index contributed by atoms with van der Waals surface area (Å²) in [4.78, 5) is 55.5. The van der Waals surface area contributed by atoms with Gasteiger partial charge in [-0.25, -0.2) is 9.59 Å². The Morgan fingerprint density at radius 1 is 1.07 bits per heavy atom. The number of carbonyl (C=O) groups is 3. The second-order valence-electron chi connectivity index (χ2n) is 5.82. The Bertz CT molecular complexity index is 1100. The van der Waals surface area contributed by atoms with Gasteiger partial charge in [0.25, 0.3) is 5.91 Å². The molecular formula is C17H17N7O4. The number of aromatic amines is 2. The highest BCUT2D eigenvalue weighted by Crippen LogP contribution is 2.18. The number of nitrogens with zero attached hydrogens (tertiary/aromatic N) is 1. The molecule has 3 rings (SSSR count). The number of urea groups is 1. The maximum atomic E-state index is 12.5. The van der Waals surface area contributed by atoms with Crippen LogP contribution in [0, 0.1) is 0 Å². The van der Waals surface area contributed by atoms with Crippen molar-refractivity contribution in [1.29, 1.82) is 0 Å². The number of aromatic nitrogens is 3. The molecule has 0 aliphatic carbocycles. The lowest BCUT2D eigenvalue weighted by Gasteiger charge is -2.10. The zero-order chi connectivity index (χ0) is 20.1. The molecule has 1 aromatic carbocycles. The van der Waals surface area contributed by atoms with E-state index in [9.17, 15) is 19.2 Å². The van der Waals surface area contributed by atoms with Gasteiger partial charge in [-0.15, -0.1) is 0 Å². The first-order chi connectivity index (χ1) is 13.4. The molecule has 11 nitrogen and oxygen atoms in total. The van der Waals surface area contributed by atoms with Crippen LogP contribution in [0.4, 0.5) is 16.2 Å². The van der Waals surface area contributed by atoms with E-state index in [0.717, 1.165) is 0 Å². The molecule has 0 atom stereocenters. The Balaban J connectivity index is 1.68. The summed E-state index contributed by atoms with van der Waals surface area (Å²) in [6.45, 7) is 0.115.